The van der Waals surface area contributed by atoms with Crippen molar-refractivity contribution in [2.75, 3.05) is 32.8 Å². The number of ether oxygens (including phenoxy) is 1. The minimum absolute atomic E-state index is 0.361. The van der Waals surface area contributed by atoms with E-state index in [1.165, 1.54) is 32.5 Å². The van der Waals surface area contributed by atoms with Crippen LogP contribution in [-0.2, 0) is 4.74 Å². The van der Waals surface area contributed by atoms with Gasteiger partial charge in [-0.05, 0) is 45.7 Å². The second-order valence-electron chi connectivity index (χ2n) is 5.12. The Hall–Kier alpha value is -0.120. The van der Waals surface area contributed by atoms with Crippen LogP contribution in [0, 0.1) is 5.92 Å². The maximum absolute atomic E-state index is 5.54. The lowest BCUT2D eigenvalue weighted by atomic mass is 9.94. The molecule has 0 aromatic heterocycles. The molecule has 3 nitrogen and oxygen atoms in total. The monoisotopic (exact) mass is 212 g/mol. The van der Waals surface area contributed by atoms with Crippen LogP contribution in [0.3, 0.4) is 0 Å². The molecule has 0 aromatic carbocycles. The molecule has 0 aliphatic carbocycles. The summed E-state index contributed by atoms with van der Waals surface area (Å²) in [6.07, 6.45) is 3.08. The molecule has 1 N–H and O–H groups in total. The van der Waals surface area contributed by atoms with Crippen molar-refractivity contribution in [3.8, 4) is 0 Å². The second kappa shape index (κ2) is 5.28. The predicted octanol–water partition coefficient (Wildman–Crippen LogP) is 1.10. The van der Waals surface area contributed by atoms with Crippen LogP contribution in [-0.4, -0.2) is 49.8 Å². The molecule has 0 radical (unpaired) electrons. The minimum atomic E-state index is 0.361. The SMILES string of the molecule is CC(C)OCCNC1CCN2CCC1C2. The minimum Gasteiger partial charge on any atom is -0.377 e. The van der Waals surface area contributed by atoms with Gasteiger partial charge in [0.1, 0.15) is 0 Å². The number of nitrogens with one attached hydrogen (secondary N) is 1. The molecule has 0 saturated carbocycles. The van der Waals surface area contributed by atoms with Gasteiger partial charge in [0.05, 0.1) is 12.7 Å². The largest absolute Gasteiger partial charge is 0.377 e. The van der Waals surface area contributed by atoms with E-state index in [0.29, 0.717) is 6.10 Å². The molecule has 2 aliphatic heterocycles. The van der Waals surface area contributed by atoms with Crippen LogP contribution in [0.1, 0.15) is 26.7 Å². The number of nitrogens with zero attached hydrogens (tertiary/aromatic N) is 1. The first-order valence-electron chi connectivity index (χ1n) is 6.33. The average Bonchev–Trinajstić information content (AvgIpc) is 2.58. The van der Waals surface area contributed by atoms with Crippen molar-refractivity contribution in [2.45, 2.75) is 38.8 Å². The predicted molar refractivity (Wildman–Crippen MR) is 62.0 cm³/mol. The van der Waals surface area contributed by atoms with Crippen molar-refractivity contribution in [1.82, 2.24) is 10.2 Å². The van der Waals surface area contributed by atoms with Crippen LogP contribution in [0.15, 0.2) is 0 Å². The molecule has 2 saturated heterocycles. The maximum Gasteiger partial charge on any atom is 0.0594 e. The molecule has 2 aliphatic rings. The molecule has 88 valence electrons. The highest BCUT2D eigenvalue weighted by molar-refractivity contribution is 4.90. The van der Waals surface area contributed by atoms with Crippen LogP contribution < -0.4 is 5.32 Å². The van der Waals surface area contributed by atoms with E-state index < -0.39 is 0 Å². The van der Waals surface area contributed by atoms with Crippen molar-refractivity contribution in [2.24, 2.45) is 5.92 Å². The van der Waals surface area contributed by atoms with Gasteiger partial charge in [0.15, 0.2) is 0 Å². The summed E-state index contributed by atoms with van der Waals surface area (Å²) in [5, 5.41) is 3.65. The third kappa shape index (κ3) is 3.16. The molecule has 3 atom stereocenters. The Labute approximate surface area is 93.2 Å². The lowest BCUT2D eigenvalue weighted by Crippen LogP contribution is -2.44. The van der Waals surface area contributed by atoms with Crippen molar-refractivity contribution in [1.29, 1.82) is 0 Å². The van der Waals surface area contributed by atoms with E-state index in [-0.39, 0.29) is 0 Å². The fourth-order valence-electron chi connectivity index (χ4n) is 2.76. The van der Waals surface area contributed by atoms with Gasteiger partial charge >= 0.3 is 0 Å². The van der Waals surface area contributed by atoms with E-state index in [1.807, 2.05) is 0 Å². The molecule has 0 aromatic rings. The summed E-state index contributed by atoms with van der Waals surface area (Å²) in [5.41, 5.74) is 0. The number of rotatable bonds is 5. The first-order valence-corrected chi connectivity index (χ1v) is 6.33. The van der Waals surface area contributed by atoms with Crippen molar-refractivity contribution in [3.05, 3.63) is 0 Å². The normalized spacial score (nSPS) is 35.0. The highest BCUT2D eigenvalue weighted by Gasteiger charge is 2.33. The molecule has 2 rings (SSSR count). The highest BCUT2D eigenvalue weighted by Crippen LogP contribution is 2.26. The molecular formula is C12H24N2O. The quantitative estimate of drug-likeness (QED) is 0.691. The summed E-state index contributed by atoms with van der Waals surface area (Å²) in [6.45, 7) is 9.99. The summed E-state index contributed by atoms with van der Waals surface area (Å²) in [4.78, 5) is 2.59. The second-order valence-corrected chi connectivity index (χ2v) is 5.12. The fraction of sp³-hybridized carbons (Fsp3) is 1.00. The Morgan fingerprint density at radius 1 is 1.33 bits per heavy atom. The molecule has 15 heavy (non-hydrogen) atoms. The molecule has 0 spiro atoms. The zero-order valence-electron chi connectivity index (χ0n) is 10.0. The molecule has 2 fully saturated rings. The first-order chi connectivity index (χ1) is 7.25. The number of fused-ring (bicyclic) bond motifs is 2. The Morgan fingerprint density at radius 3 is 2.93 bits per heavy atom. The van der Waals surface area contributed by atoms with Gasteiger partial charge < -0.3 is 15.0 Å². The average molecular weight is 212 g/mol. The molecule has 0 amide bonds. The number of hydrogen-bond donors (Lipinski definition) is 1. The van der Waals surface area contributed by atoms with E-state index in [1.54, 1.807) is 0 Å². The van der Waals surface area contributed by atoms with Crippen molar-refractivity contribution < 1.29 is 4.74 Å². The standard InChI is InChI=1S/C12H24N2O/c1-10(2)15-8-5-13-12-4-7-14-6-3-11(12)9-14/h10-13H,3-9H2,1-2H3. The smallest absolute Gasteiger partial charge is 0.0594 e. The summed E-state index contributed by atoms with van der Waals surface area (Å²) in [6, 6.07) is 0.750. The van der Waals surface area contributed by atoms with Gasteiger partial charge in [-0.3, -0.25) is 0 Å². The van der Waals surface area contributed by atoms with Gasteiger partial charge in [-0.2, -0.15) is 0 Å². The summed E-state index contributed by atoms with van der Waals surface area (Å²) in [7, 11) is 0. The van der Waals surface area contributed by atoms with Gasteiger partial charge in [-0.15, -0.1) is 0 Å². The van der Waals surface area contributed by atoms with Gasteiger partial charge in [-0.1, -0.05) is 0 Å². The van der Waals surface area contributed by atoms with Crippen LogP contribution in [0.5, 0.6) is 0 Å². The van der Waals surface area contributed by atoms with Gasteiger partial charge in [0, 0.05) is 19.1 Å². The Balaban J connectivity index is 1.62. The van der Waals surface area contributed by atoms with Crippen LogP contribution in [0.2, 0.25) is 0 Å². The lowest BCUT2D eigenvalue weighted by molar-refractivity contribution is 0.0765. The van der Waals surface area contributed by atoms with Crippen LogP contribution in [0.4, 0.5) is 0 Å². The van der Waals surface area contributed by atoms with Gasteiger partial charge in [0.2, 0.25) is 0 Å². The van der Waals surface area contributed by atoms with Crippen LogP contribution in [0.25, 0.3) is 0 Å². The zero-order chi connectivity index (χ0) is 10.7. The topological polar surface area (TPSA) is 24.5 Å². The third-order valence-electron chi connectivity index (χ3n) is 3.59. The van der Waals surface area contributed by atoms with E-state index >= 15 is 0 Å². The Kier molecular flexibility index (Phi) is 4.00. The summed E-state index contributed by atoms with van der Waals surface area (Å²) >= 11 is 0. The Bertz CT molecular complexity index is 196. The fourth-order valence-corrected chi connectivity index (χ4v) is 2.76. The number of piperidine rings is 1. The molecule has 2 heterocycles. The number of hydrogen-bond acceptors (Lipinski definition) is 3. The Morgan fingerprint density at radius 2 is 2.13 bits per heavy atom. The van der Waals surface area contributed by atoms with E-state index in [9.17, 15) is 0 Å². The summed E-state index contributed by atoms with van der Waals surface area (Å²) < 4.78 is 5.54. The van der Waals surface area contributed by atoms with Crippen molar-refractivity contribution in [3.63, 3.8) is 0 Å². The van der Waals surface area contributed by atoms with Crippen LogP contribution >= 0.6 is 0 Å². The van der Waals surface area contributed by atoms with Gasteiger partial charge in [0.25, 0.3) is 0 Å². The van der Waals surface area contributed by atoms with Gasteiger partial charge in [-0.25, -0.2) is 0 Å². The molecular weight excluding hydrogens is 188 g/mol. The first kappa shape index (κ1) is 11.4. The van der Waals surface area contributed by atoms with Crippen molar-refractivity contribution >= 4 is 0 Å². The van der Waals surface area contributed by atoms with E-state index in [2.05, 4.69) is 24.1 Å². The highest BCUT2D eigenvalue weighted by atomic mass is 16.5. The van der Waals surface area contributed by atoms with E-state index in [4.69, 9.17) is 4.74 Å². The lowest BCUT2D eigenvalue weighted by Gasteiger charge is -2.31. The maximum atomic E-state index is 5.54. The molecule has 3 unspecified atom stereocenters. The zero-order valence-corrected chi connectivity index (χ0v) is 10.0. The third-order valence-corrected chi connectivity index (χ3v) is 3.59. The van der Waals surface area contributed by atoms with E-state index in [0.717, 1.165) is 25.1 Å². The molecule has 3 heteroatoms. The molecule has 2 bridgehead atoms. The summed E-state index contributed by atoms with van der Waals surface area (Å²) in [5.74, 6) is 0.901.